The third-order valence-corrected chi connectivity index (χ3v) is 8.15. The molecule has 0 aliphatic carbocycles. The maximum Gasteiger partial charge on any atom is 0.270 e. The lowest BCUT2D eigenvalue weighted by atomic mass is 10.1. The number of benzene rings is 1. The van der Waals surface area contributed by atoms with Crippen LogP contribution in [0, 0.1) is 0 Å². The topological polar surface area (TPSA) is 50.6 Å². The molecule has 2 aliphatic heterocycles. The Balaban J connectivity index is 1.50. The largest absolute Gasteiger partial charge is 0.489 e. The minimum absolute atomic E-state index is 0.0115. The molecule has 198 valence electrons. The lowest BCUT2D eigenvalue weighted by Gasteiger charge is -2.34. The van der Waals surface area contributed by atoms with Crippen LogP contribution in [0.25, 0.3) is 16.6 Å². The molecule has 3 aromatic rings. The maximum atomic E-state index is 13.8. The second kappa shape index (κ2) is 10.5. The zero-order chi connectivity index (χ0) is 26.3. The fraction of sp³-hybridized carbons (Fsp3) is 0.481. The fourth-order valence-corrected chi connectivity index (χ4v) is 5.75. The molecule has 37 heavy (non-hydrogen) atoms. The van der Waals surface area contributed by atoms with Gasteiger partial charge in [-0.1, -0.05) is 11.6 Å². The highest BCUT2D eigenvalue weighted by atomic mass is 79.9. The van der Waals surface area contributed by atoms with Gasteiger partial charge in [0, 0.05) is 56.6 Å². The summed E-state index contributed by atoms with van der Waals surface area (Å²) in [5.74, 6) is -2.30. The number of hydrogen-bond acceptors (Lipinski definition) is 4. The van der Waals surface area contributed by atoms with E-state index in [1.54, 1.807) is 24.4 Å². The lowest BCUT2D eigenvalue weighted by molar-refractivity contribution is -0.0495. The number of carbonyl (C=O) groups is 1. The highest BCUT2D eigenvalue weighted by molar-refractivity contribution is 9.10. The van der Waals surface area contributed by atoms with Crippen molar-refractivity contribution in [3.8, 4) is 11.4 Å². The summed E-state index contributed by atoms with van der Waals surface area (Å²) in [5, 5.41) is 1.11. The molecular formula is C27H30BrClF2N4O2. The predicted molar refractivity (Wildman–Crippen MR) is 144 cm³/mol. The van der Waals surface area contributed by atoms with E-state index in [0.29, 0.717) is 22.6 Å². The number of alkyl halides is 2. The van der Waals surface area contributed by atoms with E-state index in [9.17, 15) is 13.6 Å². The molecule has 0 atom stereocenters. The van der Waals surface area contributed by atoms with Crippen molar-refractivity contribution in [1.29, 1.82) is 0 Å². The van der Waals surface area contributed by atoms with E-state index in [4.69, 9.17) is 16.3 Å². The van der Waals surface area contributed by atoms with E-state index in [2.05, 4.69) is 39.7 Å². The van der Waals surface area contributed by atoms with Crippen LogP contribution in [0.4, 0.5) is 8.78 Å². The molecule has 2 aliphatic rings. The molecule has 5 rings (SSSR count). The van der Waals surface area contributed by atoms with Gasteiger partial charge in [-0.2, -0.15) is 0 Å². The summed E-state index contributed by atoms with van der Waals surface area (Å²) < 4.78 is 36.5. The number of likely N-dealkylation sites (tertiary alicyclic amines) is 2. The van der Waals surface area contributed by atoms with Crippen molar-refractivity contribution >= 4 is 44.3 Å². The first-order chi connectivity index (χ1) is 17.6. The first-order valence-corrected chi connectivity index (χ1v) is 13.8. The second-order valence-electron chi connectivity index (χ2n) is 10.1. The minimum Gasteiger partial charge on any atom is -0.489 e. The lowest BCUT2D eigenvalue weighted by Crippen LogP contribution is -2.43. The van der Waals surface area contributed by atoms with Crippen molar-refractivity contribution in [2.75, 3.05) is 26.2 Å². The van der Waals surface area contributed by atoms with Crippen LogP contribution in [0.3, 0.4) is 0 Å². The number of pyridine rings is 1. The van der Waals surface area contributed by atoms with Gasteiger partial charge in [0.15, 0.2) is 0 Å². The van der Waals surface area contributed by atoms with Gasteiger partial charge in [-0.25, -0.2) is 13.8 Å². The summed E-state index contributed by atoms with van der Waals surface area (Å²) in [6.45, 7) is 6.43. The average molecular weight is 596 g/mol. The van der Waals surface area contributed by atoms with Crippen molar-refractivity contribution in [2.24, 2.45) is 0 Å². The van der Waals surface area contributed by atoms with Gasteiger partial charge in [0.2, 0.25) is 0 Å². The van der Waals surface area contributed by atoms with Gasteiger partial charge in [0.25, 0.3) is 11.8 Å². The molecule has 0 saturated carbocycles. The monoisotopic (exact) mass is 594 g/mol. The average Bonchev–Trinajstić information content (AvgIpc) is 3.22. The molecule has 1 amide bonds. The Morgan fingerprint density at radius 2 is 1.84 bits per heavy atom. The van der Waals surface area contributed by atoms with Gasteiger partial charge >= 0.3 is 0 Å². The molecule has 0 bridgehead atoms. The highest BCUT2D eigenvalue weighted by Gasteiger charge is 2.36. The quantitative estimate of drug-likeness (QED) is 0.314. The van der Waals surface area contributed by atoms with E-state index in [-0.39, 0.29) is 37.9 Å². The van der Waals surface area contributed by atoms with Crippen molar-refractivity contribution < 1.29 is 18.3 Å². The Morgan fingerprint density at radius 1 is 1.14 bits per heavy atom. The number of piperidine rings is 2. The Morgan fingerprint density at radius 3 is 2.49 bits per heavy atom. The van der Waals surface area contributed by atoms with Crippen LogP contribution >= 0.6 is 27.5 Å². The number of carbonyl (C=O) groups excluding carboxylic acids is 1. The van der Waals surface area contributed by atoms with Crippen LogP contribution < -0.4 is 4.74 Å². The molecular weight excluding hydrogens is 566 g/mol. The van der Waals surface area contributed by atoms with Crippen LogP contribution in [-0.4, -0.2) is 69.5 Å². The van der Waals surface area contributed by atoms with E-state index >= 15 is 0 Å². The van der Waals surface area contributed by atoms with Crippen molar-refractivity contribution in [3.05, 3.63) is 51.8 Å². The smallest absolute Gasteiger partial charge is 0.270 e. The van der Waals surface area contributed by atoms with Gasteiger partial charge in [-0.15, -0.1) is 0 Å². The SMILES string of the molecule is CC(C)N1CCC(Oc2cc3cc(C(=O)N4CCC(F)(F)CC4)n(-c4ccnc(Cl)c4)c3cc2Br)CC1. The van der Waals surface area contributed by atoms with Gasteiger partial charge in [0.05, 0.1) is 15.7 Å². The van der Waals surface area contributed by atoms with Crippen LogP contribution in [0.5, 0.6) is 5.75 Å². The molecule has 10 heteroatoms. The van der Waals surface area contributed by atoms with E-state index < -0.39 is 5.92 Å². The van der Waals surface area contributed by atoms with Crippen molar-refractivity contribution in [1.82, 2.24) is 19.4 Å². The van der Waals surface area contributed by atoms with Crippen LogP contribution in [0.2, 0.25) is 5.15 Å². The van der Waals surface area contributed by atoms with E-state index in [1.807, 2.05) is 16.7 Å². The number of halogens is 4. The summed E-state index contributed by atoms with van der Waals surface area (Å²) in [4.78, 5) is 21.6. The summed E-state index contributed by atoms with van der Waals surface area (Å²) >= 11 is 9.85. The molecule has 4 heterocycles. The predicted octanol–water partition coefficient (Wildman–Crippen LogP) is 6.56. The van der Waals surface area contributed by atoms with Crippen LogP contribution in [0.1, 0.15) is 50.0 Å². The first-order valence-electron chi connectivity index (χ1n) is 12.7. The summed E-state index contributed by atoms with van der Waals surface area (Å²) in [5.41, 5.74) is 1.83. The van der Waals surface area contributed by atoms with Crippen LogP contribution in [0.15, 0.2) is 41.0 Å². The number of ether oxygens (including phenoxy) is 1. The zero-order valence-electron chi connectivity index (χ0n) is 20.9. The second-order valence-corrected chi connectivity index (χ2v) is 11.4. The van der Waals surface area contributed by atoms with Gasteiger partial charge in [0.1, 0.15) is 22.7 Å². The van der Waals surface area contributed by atoms with Gasteiger partial charge in [-0.05, 0) is 73.0 Å². The molecule has 2 aromatic heterocycles. The summed E-state index contributed by atoms with van der Waals surface area (Å²) in [6.07, 6.45) is 2.92. The van der Waals surface area contributed by atoms with Crippen LogP contribution in [-0.2, 0) is 0 Å². The third kappa shape index (κ3) is 5.64. The Hall–Kier alpha value is -2.23. The summed E-state index contributed by atoms with van der Waals surface area (Å²) in [7, 11) is 0. The standard InChI is InChI=1S/C27H30BrClF2N4O2/c1-17(2)33-9-4-20(5-10-33)37-24-14-18-13-23(26(36)34-11-6-27(30,31)7-12-34)35(22(18)16-21(24)28)19-3-8-32-25(29)15-19/h3,8,13-17,20H,4-7,9-12H2,1-2H3. The molecule has 0 radical (unpaired) electrons. The molecule has 1 aromatic carbocycles. The number of aromatic nitrogens is 2. The molecule has 6 nitrogen and oxygen atoms in total. The molecule has 0 N–H and O–H groups in total. The molecule has 0 unspecified atom stereocenters. The number of hydrogen-bond donors (Lipinski definition) is 0. The number of nitrogens with zero attached hydrogens (tertiary/aromatic N) is 4. The Labute approximate surface area is 228 Å². The Kier molecular flexibility index (Phi) is 7.49. The molecule has 2 saturated heterocycles. The molecule has 2 fully saturated rings. The van der Waals surface area contributed by atoms with Crippen molar-refractivity contribution in [2.45, 2.75) is 57.6 Å². The van der Waals surface area contributed by atoms with Crippen molar-refractivity contribution in [3.63, 3.8) is 0 Å². The number of amides is 1. The molecule has 0 spiro atoms. The van der Waals surface area contributed by atoms with Gasteiger partial charge < -0.3 is 19.1 Å². The maximum absolute atomic E-state index is 13.8. The minimum atomic E-state index is -2.73. The zero-order valence-corrected chi connectivity index (χ0v) is 23.2. The number of fused-ring (bicyclic) bond motifs is 1. The highest BCUT2D eigenvalue weighted by Crippen LogP contribution is 2.37. The Bertz CT molecular complexity index is 1300. The normalized spacial score (nSPS) is 19.1. The summed E-state index contributed by atoms with van der Waals surface area (Å²) in [6, 6.07) is 9.65. The third-order valence-electron chi connectivity index (χ3n) is 7.33. The van der Waals surface area contributed by atoms with E-state index in [0.717, 1.165) is 47.1 Å². The van der Waals surface area contributed by atoms with E-state index in [1.165, 1.54) is 4.90 Å². The number of rotatable bonds is 5. The fourth-order valence-electron chi connectivity index (χ4n) is 5.16. The van der Waals surface area contributed by atoms with Gasteiger partial charge in [-0.3, -0.25) is 4.79 Å². The first kappa shape index (κ1) is 26.4.